The summed E-state index contributed by atoms with van der Waals surface area (Å²) in [7, 11) is 1.61. The summed E-state index contributed by atoms with van der Waals surface area (Å²) in [6, 6.07) is 5.08. The highest BCUT2D eigenvalue weighted by atomic mass is 127. The predicted molar refractivity (Wildman–Crippen MR) is 128 cm³/mol. The standard InChI is InChI=1S/C24H35IN2O5/c1-12-16-9-15(24(16,3)4)10-18(12)26-22(29)20-19(13(2)28)23(30)32-27(20)11-14-7-6-8-17(25)21(14)31-5/h6-8,12-13,15-16,18-20,23,28,30H,9-11H2,1-5H3,(H,26,29)/t12-,13-,15+,16-,18-,19?,20-,23?/m0/s1. The molecule has 2 unspecified atom stereocenters. The summed E-state index contributed by atoms with van der Waals surface area (Å²) in [6.07, 6.45) is 0.0485. The maximum absolute atomic E-state index is 13.5. The Balaban J connectivity index is 1.54. The Hall–Kier alpha value is -0.940. The molecule has 2 bridgehead atoms. The van der Waals surface area contributed by atoms with Gasteiger partial charge in [-0.2, -0.15) is 5.06 Å². The molecule has 1 aromatic rings. The number of hydroxylamine groups is 2. The Bertz CT molecular complexity index is 863. The van der Waals surface area contributed by atoms with Gasteiger partial charge in [-0.1, -0.05) is 32.9 Å². The smallest absolute Gasteiger partial charge is 0.240 e. The second kappa shape index (κ2) is 9.02. The summed E-state index contributed by atoms with van der Waals surface area (Å²) in [6.45, 7) is 8.75. The molecule has 1 aliphatic heterocycles. The highest BCUT2D eigenvalue weighted by Gasteiger charge is 2.57. The van der Waals surface area contributed by atoms with Gasteiger partial charge in [-0.05, 0) is 71.6 Å². The van der Waals surface area contributed by atoms with Crippen LogP contribution in [-0.2, 0) is 16.2 Å². The van der Waals surface area contributed by atoms with Crippen molar-refractivity contribution in [3.8, 4) is 5.75 Å². The van der Waals surface area contributed by atoms with E-state index >= 15 is 0 Å². The number of carbonyl (C=O) groups is 1. The minimum atomic E-state index is -1.25. The molecular weight excluding hydrogens is 523 g/mol. The fourth-order valence-corrected chi connectivity index (χ4v) is 7.02. The number of nitrogens with zero attached hydrogens (tertiary/aromatic N) is 1. The molecule has 1 aromatic carbocycles. The first-order valence-electron chi connectivity index (χ1n) is 11.5. The molecule has 8 atom stereocenters. The molecule has 0 spiro atoms. The third-order valence-electron chi connectivity index (χ3n) is 8.33. The maximum atomic E-state index is 13.5. The van der Waals surface area contributed by atoms with Crippen LogP contribution in [0.5, 0.6) is 5.75 Å². The number of carbonyl (C=O) groups excluding carboxylic acids is 1. The van der Waals surface area contributed by atoms with Gasteiger partial charge in [-0.3, -0.25) is 9.63 Å². The maximum Gasteiger partial charge on any atom is 0.240 e. The minimum absolute atomic E-state index is 0.0979. The van der Waals surface area contributed by atoms with Crippen molar-refractivity contribution in [3.05, 3.63) is 27.3 Å². The van der Waals surface area contributed by atoms with Crippen LogP contribution in [0.25, 0.3) is 0 Å². The third kappa shape index (κ3) is 4.06. The lowest BCUT2D eigenvalue weighted by Gasteiger charge is -2.62. The Morgan fingerprint density at radius 3 is 2.72 bits per heavy atom. The van der Waals surface area contributed by atoms with E-state index in [1.165, 1.54) is 11.5 Å². The lowest BCUT2D eigenvalue weighted by atomic mass is 9.45. The number of ether oxygens (including phenoxy) is 1. The molecule has 0 radical (unpaired) electrons. The molecule has 8 heteroatoms. The van der Waals surface area contributed by atoms with Crippen molar-refractivity contribution in [2.45, 2.75) is 71.6 Å². The van der Waals surface area contributed by atoms with Crippen molar-refractivity contribution >= 4 is 28.5 Å². The molecule has 1 heterocycles. The molecule has 0 aromatic heterocycles. The Morgan fingerprint density at radius 2 is 2.12 bits per heavy atom. The number of fused-ring (bicyclic) bond motifs is 2. The molecule has 32 heavy (non-hydrogen) atoms. The van der Waals surface area contributed by atoms with Gasteiger partial charge in [0.25, 0.3) is 0 Å². The zero-order chi connectivity index (χ0) is 23.4. The van der Waals surface area contributed by atoms with Crippen molar-refractivity contribution in [1.82, 2.24) is 10.4 Å². The molecule has 1 saturated heterocycles. The van der Waals surface area contributed by atoms with Crippen molar-refractivity contribution in [2.24, 2.45) is 29.1 Å². The molecular formula is C24H35IN2O5. The molecule has 3 aliphatic carbocycles. The molecule has 4 fully saturated rings. The van der Waals surface area contributed by atoms with Gasteiger partial charge in [-0.15, -0.1) is 0 Å². The van der Waals surface area contributed by atoms with Gasteiger partial charge >= 0.3 is 0 Å². The van der Waals surface area contributed by atoms with Crippen LogP contribution in [0.3, 0.4) is 0 Å². The highest BCUT2D eigenvalue weighted by Crippen LogP contribution is 2.61. The number of nitrogens with one attached hydrogen (secondary N) is 1. The largest absolute Gasteiger partial charge is 0.495 e. The summed E-state index contributed by atoms with van der Waals surface area (Å²) < 4.78 is 6.50. The summed E-state index contributed by atoms with van der Waals surface area (Å²) >= 11 is 2.20. The number of amides is 1. The number of hydrogen-bond donors (Lipinski definition) is 3. The van der Waals surface area contributed by atoms with Crippen LogP contribution in [0.4, 0.5) is 0 Å². The Labute approximate surface area is 203 Å². The number of hydrogen-bond acceptors (Lipinski definition) is 6. The zero-order valence-corrected chi connectivity index (χ0v) is 21.6. The first-order valence-corrected chi connectivity index (χ1v) is 12.5. The Morgan fingerprint density at radius 1 is 1.41 bits per heavy atom. The first kappa shape index (κ1) is 24.2. The van der Waals surface area contributed by atoms with E-state index in [9.17, 15) is 15.0 Å². The summed E-state index contributed by atoms with van der Waals surface area (Å²) in [5.41, 5.74) is 1.19. The van der Waals surface area contributed by atoms with E-state index in [1.807, 2.05) is 18.2 Å². The van der Waals surface area contributed by atoms with Crippen LogP contribution in [-0.4, -0.2) is 52.8 Å². The van der Waals surface area contributed by atoms with Crippen LogP contribution in [0.15, 0.2) is 18.2 Å². The van der Waals surface area contributed by atoms with Crippen molar-refractivity contribution in [3.63, 3.8) is 0 Å². The van der Waals surface area contributed by atoms with Gasteiger partial charge < -0.3 is 20.3 Å². The highest BCUT2D eigenvalue weighted by molar-refractivity contribution is 14.1. The second-order valence-corrected chi connectivity index (χ2v) is 11.5. The molecule has 4 aliphatic rings. The van der Waals surface area contributed by atoms with E-state index in [0.717, 1.165) is 15.6 Å². The monoisotopic (exact) mass is 558 g/mol. The van der Waals surface area contributed by atoms with E-state index in [0.29, 0.717) is 28.9 Å². The normalized spacial score (nSPS) is 36.9. The van der Waals surface area contributed by atoms with Gasteiger partial charge in [0, 0.05) is 11.6 Å². The van der Waals surface area contributed by atoms with Gasteiger partial charge in [0.2, 0.25) is 5.91 Å². The van der Waals surface area contributed by atoms with Gasteiger partial charge in [0.05, 0.1) is 29.2 Å². The lowest BCUT2D eigenvalue weighted by Crippen LogP contribution is -2.62. The van der Waals surface area contributed by atoms with E-state index in [4.69, 9.17) is 9.57 Å². The van der Waals surface area contributed by atoms with Crippen molar-refractivity contribution in [1.29, 1.82) is 0 Å². The fraction of sp³-hybridized carbons (Fsp3) is 0.708. The number of aliphatic hydroxyl groups is 2. The predicted octanol–water partition coefficient (Wildman–Crippen LogP) is 2.92. The Kier molecular flexibility index (Phi) is 6.82. The molecule has 5 rings (SSSR count). The van der Waals surface area contributed by atoms with Crippen LogP contribution >= 0.6 is 22.6 Å². The second-order valence-electron chi connectivity index (χ2n) is 10.3. The van der Waals surface area contributed by atoms with Crippen LogP contribution in [0.2, 0.25) is 0 Å². The zero-order valence-electron chi connectivity index (χ0n) is 19.4. The van der Waals surface area contributed by atoms with E-state index in [1.54, 1.807) is 14.0 Å². The lowest BCUT2D eigenvalue weighted by molar-refractivity contribution is -0.231. The number of halogens is 1. The fourth-order valence-electron chi connectivity index (χ4n) is 6.25. The summed E-state index contributed by atoms with van der Waals surface area (Å²) in [5.74, 6) is 1.39. The van der Waals surface area contributed by atoms with E-state index in [-0.39, 0.29) is 18.5 Å². The van der Waals surface area contributed by atoms with Crippen LogP contribution < -0.4 is 10.1 Å². The number of rotatable bonds is 6. The average Bonchev–Trinajstić information content (AvgIpc) is 3.05. The van der Waals surface area contributed by atoms with Crippen LogP contribution in [0.1, 0.15) is 46.1 Å². The van der Waals surface area contributed by atoms with Gasteiger partial charge in [0.1, 0.15) is 11.8 Å². The van der Waals surface area contributed by atoms with E-state index < -0.39 is 24.4 Å². The van der Waals surface area contributed by atoms with Gasteiger partial charge in [0.15, 0.2) is 6.29 Å². The summed E-state index contributed by atoms with van der Waals surface area (Å²) in [4.78, 5) is 19.2. The number of benzene rings is 1. The molecule has 178 valence electrons. The van der Waals surface area contributed by atoms with Gasteiger partial charge in [-0.25, -0.2) is 0 Å². The third-order valence-corrected chi connectivity index (χ3v) is 9.18. The SMILES string of the molecule is COc1c(I)cccc1CN1OC(O)C([C@H](C)O)[C@H]1C(=O)N[C@H]1C[C@H]2C[C@@H]([C@@H]1C)C2(C)C. The number of para-hydroxylation sites is 1. The van der Waals surface area contributed by atoms with E-state index in [2.05, 4.69) is 48.7 Å². The number of aliphatic hydroxyl groups excluding tert-OH is 2. The van der Waals surface area contributed by atoms with Crippen molar-refractivity contribution < 1.29 is 24.6 Å². The van der Waals surface area contributed by atoms with Crippen molar-refractivity contribution in [2.75, 3.05) is 7.11 Å². The number of methoxy groups -OCH3 is 1. The minimum Gasteiger partial charge on any atom is -0.495 e. The molecule has 3 N–H and O–H groups in total. The average molecular weight is 558 g/mol. The molecule has 1 amide bonds. The topological polar surface area (TPSA) is 91.3 Å². The quantitative estimate of drug-likeness (QED) is 0.466. The molecule has 7 nitrogen and oxygen atoms in total. The molecule has 3 saturated carbocycles. The van der Waals surface area contributed by atoms with Crippen LogP contribution in [0, 0.1) is 32.7 Å². The first-order chi connectivity index (χ1) is 15.1. The summed E-state index contributed by atoms with van der Waals surface area (Å²) in [5, 5.41) is 25.7.